The number of ether oxygens (including phenoxy) is 1. The van der Waals surface area contributed by atoms with Crippen LogP contribution in [0.1, 0.15) is 24.8 Å². The van der Waals surface area contributed by atoms with Gasteiger partial charge in [0.15, 0.2) is 11.5 Å². The highest BCUT2D eigenvalue weighted by molar-refractivity contribution is 5.84. The Morgan fingerprint density at radius 1 is 0.917 bits per heavy atom. The van der Waals surface area contributed by atoms with Crippen molar-refractivity contribution in [3.63, 3.8) is 0 Å². The molecule has 0 spiro atoms. The Labute approximate surface area is 207 Å². The molecule has 1 aliphatic carbocycles. The minimum Gasteiger partial charge on any atom is -0.438 e. The lowest BCUT2D eigenvalue weighted by atomic mass is 9.75. The number of pyridine rings is 2. The maximum atomic E-state index is 11.5. The molecule has 1 amide bonds. The second-order valence-electron chi connectivity index (χ2n) is 8.93. The molecule has 3 aromatic heterocycles. The Balaban J connectivity index is 1.53. The predicted molar refractivity (Wildman–Crippen MR) is 138 cm³/mol. The first-order valence-corrected chi connectivity index (χ1v) is 11.8. The van der Waals surface area contributed by atoms with E-state index in [9.17, 15) is 4.79 Å². The first-order valence-electron chi connectivity index (χ1n) is 11.8. The predicted octanol–water partition coefficient (Wildman–Crippen LogP) is 5.21. The van der Waals surface area contributed by atoms with Crippen molar-refractivity contribution in [2.75, 3.05) is 5.73 Å². The van der Waals surface area contributed by atoms with Crippen molar-refractivity contribution in [3.05, 3.63) is 90.6 Å². The minimum absolute atomic E-state index is 0.386. The van der Waals surface area contributed by atoms with Crippen molar-refractivity contribution >= 4 is 23.1 Å². The van der Waals surface area contributed by atoms with Crippen molar-refractivity contribution in [1.82, 2.24) is 19.5 Å². The highest BCUT2D eigenvalue weighted by Crippen LogP contribution is 2.45. The van der Waals surface area contributed by atoms with Crippen molar-refractivity contribution in [2.24, 2.45) is 5.73 Å². The van der Waals surface area contributed by atoms with Gasteiger partial charge in [0.25, 0.3) is 0 Å². The number of nitrogens with zero attached hydrogens (tertiary/aromatic N) is 4. The van der Waals surface area contributed by atoms with Gasteiger partial charge in [-0.15, -0.1) is 0 Å². The molecule has 36 heavy (non-hydrogen) atoms. The van der Waals surface area contributed by atoms with Crippen LogP contribution in [0.5, 0.6) is 0 Å². The van der Waals surface area contributed by atoms with Crippen LogP contribution in [-0.2, 0) is 10.3 Å². The molecule has 0 atom stereocenters. The van der Waals surface area contributed by atoms with E-state index in [4.69, 9.17) is 26.2 Å². The number of fused-ring (bicyclic) bond motifs is 1. The molecule has 6 rings (SSSR count). The number of aromatic nitrogens is 4. The van der Waals surface area contributed by atoms with Gasteiger partial charge in [-0.2, -0.15) is 0 Å². The monoisotopic (exact) mass is 476 g/mol. The molecular formula is C28H24N6O2. The van der Waals surface area contributed by atoms with E-state index in [-0.39, 0.29) is 0 Å². The van der Waals surface area contributed by atoms with Crippen LogP contribution in [0.3, 0.4) is 0 Å². The van der Waals surface area contributed by atoms with Crippen molar-refractivity contribution in [2.45, 2.75) is 24.9 Å². The Bertz CT molecular complexity index is 1570. The summed E-state index contributed by atoms with van der Waals surface area (Å²) in [4.78, 5) is 25.7. The number of primary amides is 1. The number of nitrogens with two attached hydrogens (primary N) is 2. The second-order valence-corrected chi connectivity index (χ2v) is 8.93. The zero-order valence-electron chi connectivity index (χ0n) is 19.5. The van der Waals surface area contributed by atoms with Gasteiger partial charge in [-0.1, -0.05) is 42.5 Å². The molecule has 0 aliphatic heterocycles. The van der Waals surface area contributed by atoms with E-state index < -0.39 is 11.7 Å². The second kappa shape index (κ2) is 8.49. The van der Waals surface area contributed by atoms with Crippen LogP contribution < -0.4 is 11.5 Å². The van der Waals surface area contributed by atoms with Crippen LogP contribution in [0.25, 0.3) is 39.5 Å². The fraction of sp³-hybridized carbons (Fsp3) is 0.143. The van der Waals surface area contributed by atoms with Crippen molar-refractivity contribution < 1.29 is 9.53 Å². The van der Waals surface area contributed by atoms with Crippen LogP contribution in [0, 0.1) is 0 Å². The lowest BCUT2D eigenvalue weighted by Crippen LogP contribution is -2.40. The van der Waals surface area contributed by atoms with Crippen LogP contribution in [0.4, 0.5) is 10.6 Å². The molecule has 0 radical (unpaired) electrons. The van der Waals surface area contributed by atoms with E-state index in [2.05, 4.69) is 4.98 Å². The number of anilines is 1. The molecule has 3 heterocycles. The average molecular weight is 477 g/mol. The van der Waals surface area contributed by atoms with Gasteiger partial charge in [0, 0.05) is 17.4 Å². The quantitative estimate of drug-likeness (QED) is 0.359. The topological polar surface area (TPSA) is 122 Å². The highest BCUT2D eigenvalue weighted by Gasteiger charge is 2.42. The number of benzene rings is 2. The lowest BCUT2D eigenvalue weighted by molar-refractivity contribution is -0.0489. The van der Waals surface area contributed by atoms with Gasteiger partial charge in [0.1, 0.15) is 16.9 Å². The smallest absolute Gasteiger partial charge is 0.405 e. The third kappa shape index (κ3) is 3.63. The molecule has 178 valence electrons. The number of hydrogen-bond donors (Lipinski definition) is 2. The number of rotatable bonds is 5. The Morgan fingerprint density at radius 2 is 1.69 bits per heavy atom. The summed E-state index contributed by atoms with van der Waals surface area (Å²) in [5.74, 6) is 1.03. The summed E-state index contributed by atoms with van der Waals surface area (Å²) in [7, 11) is 0. The first-order chi connectivity index (χ1) is 17.5. The molecule has 2 aromatic carbocycles. The molecule has 0 bridgehead atoms. The molecule has 8 heteroatoms. The van der Waals surface area contributed by atoms with Gasteiger partial charge >= 0.3 is 6.09 Å². The van der Waals surface area contributed by atoms with Crippen LogP contribution in [0.2, 0.25) is 0 Å². The first kappa shape index (κ1) is 21.8. The SMILES string of the molecule is NC(=O)OC1(c2ccc(-n3c(-c4cccnc4N)nc4ccc(-c5ccccc5)nc43)cc2)CCC1. The standard InChI is InChI=1S/C28H24N6O2/c29-24-21(8-4-17-31-24)25-33-23-14-13-22(18-6-2-1-3-7-18)32-26(23)34(25)20-11-9-19(10-12-20)28(15-5-16-28)36-27(30)35/h1-4,6-14,17H,5,15-16H2,(H2,29,31)(H2,30,35). The normalized spacial score (nSPS) is 14.3. The number of hydrogen-bond acceptors (Lipinski definition) is 6. The third-order valence-corrected chi connectivity index (χ3v) is 6.76. The summed E-state index contributed by atoms with van der Waals surface area (Å²) in [6, 6.07) is 25.6. The van der Waals surface area contributed by atoms with Gasteiger partial charge in [0.2, 0.25) is 0 Å². The summed E-state index contributed by atoms with van der Waals surface area (Å²) < 4.78 is 7.50. The highest BCUT2D eigenvalue weighted by atomic mass is 16.6. The number of carbonyl (C=O) groups is 1. The Morgan fingerprint density at radius 3 is 2.36 bits per heavy atom. The Kier molecular flexibility index (Phi) is 5.14. The van der Waals surface area contributed by atoms with Crippen LogP contribution in [0.15, 0.2) is 85.1 Å². The van der Waals surface area contributed by atoms with Gasteiger partial charge in [0.05, 0.1) is 11.3 Å². The largest absolute Gasteiger partial charge is 0.438 e. The summed E-state index contributed by atoms with van der Waals surface area (Å²) in [5.41, 5.74) is 16.7. The van der Waals surface area contributed by atoms with Crippen LogP contribution in [-0.4, -0.2) is 25.6 Å². The molecule has 4 N–H and O–H groups in total. The van der Waals surface area contributed by atoms with Crippen molar-refractivity contribution in [3.8, 4) is 28.3 Å². The van der Waals surface area contributed by atoms with Crippen LogP contribution >= 0.6 is 0 Å². The van der Waals surface area contributed by atoms with Gasteiger partial charge in [-0.3, -0.25) is 4.57 Å². The summed E-state index contributed by atoms with van der Waals surface area (Å²) >= 11 is 0. The number of nitrogen functional groups attached to an aromatic ring is 1. The molecule has 1 aliphatic rings. The van der Waals surface area contributed by atoms with Crippen molar-refractivity contribution in [1.29, 1.82) is 0 Å². The molecule has 1 fully saturated rings. The summed E-state index contributed by atoms with van der Waals surface area (Å²) in [5, 5.41) is 0. The molecule has 0 unspecified atom stereocenters. The maximum absolute atomic E-state index is 11.5. The summed E-state index contributed by atoms with van der Waals surface area (Å²) in [6.45, 7) is 0. The van der Waals surface area contributed by atoms with E-state index in [1.165, 1.54) is 0 Å². The van der Waals surface area contributed by atoms with E-state index in [0.29, 0.717) is 22.9 Å². The molecule has 0 saturated heterocycles. The fourth-order valence-electron chi connectivity index (χ4n) is 4.81. The third-order valence-electron chi connectivity index (χ3n) is 6.76. The number of amides is 1. The minimum atomic E-state index is -0.758. The zero-order valence-corrected chi connectivity index (χ0v) is 19.5. The molecule has 5 aromatic rings. The maximum Gasteiger partial charge on any atom is 0.405 e. The van der Waals surface area contributed by atoms with Gasteiger partial charge in [-0.25, -0.2) is 19.7 Å². The fourth-order valence-corrected chi connectivity index (χ4v) is 4.81. The van der Waals surface area contributed by atoms with E-state index in [1.807, 2.05) is 83.4 Å². The lowest BCUT2D eigenvalue weighted by Gasteiger charge is -2.40. The number of carbonyl (C=O) groups excluding carboxylic acids is 1. The Hall–Kier alpha value is -4.72. The van der Waals surface area contributed by atoms with E-state index in [1.54, 1.807) is 6.20 Å². The van der Waals surface area contributed by atoms with E-state index >= 15 is 0 Å². The number of imidazole rings is 1. The van der Waals surface area contributed by atoms with E-state index in [0.717, 1.165) is 47.3 Å². The zero-order chi connectivity index (χ0) is 24.7. The molecule has 1 saturated carbocycles. The van der Waals surface area contributed by atoms with Gasteiger partial charge in [-0.05, 0) is 61.2 Å². The average Bonchev–Trinajstić information content (AvgIpc) is 3.25. The summed E-state index contributed by atoms with van der Waals surface area (Å²) in [6.07, 6.45) is 3.39. The molecular weight excluding hydrogens is 452 g/mol. The molecule has 8 nitrogen and oxygen atoms in total. The van der Waals surface area contributed by atoms with Gasteiger partial charge < -0.3 is 16.2 Å².